The Balaban J connectivity index is 0.00000241. The fraction of sp³-hybridized carbons (Fsp3) is 0.0938. The fourth-order valence-corrected chi connectivity index (χ4v) is 5.12. The van der Waals surface area contributed by atoms with Crippen LogP contribution >= 0.6 is 0 Å². The van der Waals surface area contributed by atoms with Crippen LogP contribution in [0.1, 0.15) is 16.7 Å². The Morgan fingerprint density at radius 3 is 2.06 bits per heavy atom. The first-order valence-electron chi connectivity index (χ1n) is 11.4. The van der Waals surface area contributed by atoms with Gasteiger partial charge in [0, 0.05) is 26.3 Å². The molecule has 0 spiro atoms. The number of nitrogens with zero attached hydrogens (tertiary/aromatic N) is 1. The molecule has 1 aromatic heterocycles. The molecular formula is C32H24IrN-. The van der Waals surface area contributed by atoms with E-state index in [2.05, 4.69) is 112 Å². The van der Waals surface area contributed by atoms with E-state index in [1.807, 2.05) is 6.20 Å². The first kappa shape index (κ1) is 22.5. The average Bonchev–Trinajstić information content (AvgIpc) is 2.82. The number of fused-ring (bicyclic) bond motifs is 5. The predicted molar refractivity (Wildman–Crippen MR) is 141 cm³/mol. The second-order valence-electron chi connectivity index (χ2n) is 9.04. The maximum Gasteiger partial charge on any atom is 0.0167 e. The number of hydrogen-bond donors (Lipinski definition) is 0. The van der Waals surface area contributed by atoms with Crippen molar-refractivity contribution in [3.63, 3.8) is 0 Å². The van der Waals surface area contributed by atoms with Gasteiger partial charge in [-0.3, -0.25) is 0 Å². The molecule has 1 nitrogen and oxygen atoms in total. The van der Waals surface area contributed by atoms with Gasteiger partial charge in [-0.05, 0) is 63.5 Å². The first-order valence-corrected chi connectivity index (χ1v) is 11.4. The van der Waals surface area contributed by atoms with Crippen LogP contribution in [0.15, 0.2) is 91.1 Å². The summed E-state index contributed by atoms with van der Waals surface area (Å²) in [4.78, 5) is 4.83. The van der Waals surface area contributed by atoms with Gasteiger partial charge in [0.15, 0.2) is 0 Å². The molecule has 2 heteroatoms. The van der Waals surface area contributed by atoms with Crippen molar-refractivity contribution in [1.82, 2.24) is 4.98 Å². The van der Waals surface area contributed by atoms with Crippen molar-refractivity contribution >= 4 is 32.3 Å². The number of hydrogen-bond acceptors (Lipinski definition) is 1. The number of pyridine rings is 1. The van der Waals surface area contributed by atoms with Gasteiger partial charge in [-0.15, -0.1) is 34.9 Å². The van der Waals surface area contributed by atoms with Crippen LogP contribution < -0.4 is 0 Å². The van der Waals surface area contributed by atoms with E-state index in [1.165, 1.54) is 49.2 Å². The normalized spacial score (nSPS) is 11.1. The molecule has 0 saturated heterocycles. The monoisotopic (exact) mass is 615 g/mol. The number of benzene rings is 5. The molecule has 1 heterocycles. The summed E-state index contributed by atoms with van der Waals surface area (Å²) in [5.41, 5.74) is 8.14. The quantitative estimate of drug-likeness (QED) is 0.141. The Hall–Kier alpha value is -3.32. The van der Waals surface area contributed by atoms with Crippen LogP contribution in [0.5, 0.6) is 0 Å². The molecule has 0 fully saturated rings. The Morgan fingerprint density at radius 2 is 1.24 bits per heavy atom. The zero-order valence-electron chi connectivity index (χ0n) is 19.4. The van der Waals surface area contributed by atoms with Crippen LogP contribution in [-0.4, -0.2) is 4.98 Å². The van der Waals surface area contributed by atoms with Crippen LogP contribution in [0.3, 0.4) is 0 Å². The van der Waals surface area contributed by atoms with Gasteiger partial charge in [0.05, 0.1) is 0 Å². The van der Waals surface area contributed by atoms with Gasteiger partial charge in [0.1, 0.15) is 0 Å². The minimum absolute atomic E-state index is 0. The van der Waals surface area contributed by atoms with Gasteiger partial charge in [-0.25, -0.2) is 0 Å². The van der Waals surface area contributed by atoms with Crippen LogP contribution in [0, 0.1) is 26.8 Å². The molecule has 6 rings (SSSR count). The molecule has 0 N–H and O–H groups in total. The Bertz CT molecular complexity index is 1680. The second kappa shape index (κ2) is 8.80. The van der Waals surface area contributed by atoms with Crippen molar-refractivity contribution < 1.29 is 20.1 Å². The van der Waals surface area contributed by atoms with E-state index in [9.17, 15) is 0 Å². The van der Waals surface area contributed by atoms with E-state index >= 15 is 0 Å². The molecule has 0 bridgehead atoms. The molecule has 0 aliphatic carbocycles. The summed E-state index contributed by atoms with van der Waals surface area (Å²) < 4.78 is 0. The molecule has 1 radical (unpaired) electrons. The molecule has 0 atom stereocenters. The Morgan fingerprint density at radius 1 is 0.588 bits per heavy atom. The summed E-state index contributed by atoms with van der Waals surface area (Å²) in [5, 5.41) is 7.48. The standard InChI is InChI=1S/C32H24N.Ir/c1-20-14-21(2)16-24(15-20)25-17-22(3)18-26(19-25)32-31-11-10-28-27-7-5-4-6-23(27)8-9-29(28)30(31)12-13-33-32;/h4-17,19H,1-3H3;/q-1;. The van der Waals surface area contributed by atoms with Crippen LogP contribution in [0.2, 0.25) is 0 Å². The summed E-state index contributed by atoms with van der Waals surface area (Å²) >= 11 is 0. The fourth-order valence-electron chi connectivity index (χ4n) is 5.12. The van der Waals surface area contributed by atoms with Crippen LogP contribution in [0.4, 0.5) is 0 Å². The zero-order chi connectivity index (χ0) is 22.5. The van der Waals surface area contributed by atoms with Crippen LogP contribution in [-0.2, 0) is 20.1 Å². The largest absolute Gasteiger partial charge is 0.304 e. The van der Waals surface area contributed by atoms with Gasteiger partial charge in [0.25, 0.3) is 0 Å². The SMILES string of the molecule is Cc1[c-]c(-c2nccc3c2ccc2c4ccccc4ccc32)cc(-c2cc(C)cc(C)c2)c1.[Ir]. The molecule has 6 aromatic rings. The van der Waals surface area contributed by atoms with Gasteiger partial charge in [-0.2, -0.15) is 0 Å². The molecular weight excluding hydrogens is 591 g/mol. The first-order chi connectivity index (χ1) is 16.1. The van der Waals surface area contributed by atoms with Crippen molar-refractivity contribution in [3.8, 4) is 22.4 Å². The third-order valence-electron chi connectivity index (χ3n) is 6.48. The average molecular weight is 615 g/mol. The molecule has 34 heavy (non-hydrogen) atoms. The predicted octanol–water partition coefficient (Wildman–Crippen LogP) is 8.60. The van der Waals surface area contributed by atoms with Crippen LogP contribution in [0.25, 0.3) is 54.7 Å². The number of aromatic nitrogens is 1. The smallest absolute Gasteiger partial charge is 0.0167 e. The topological polar surface area (TPSA) is 12.9 Å². The second-order valence-corrected chi connectivity index (χ2v) is 9.04. The van der Waals surface area contributed by atoms with Crippen molar-refractivity contribution in [3.05, 3.63) is 114 Å². The Labute approximate surface area is 213 Å². The van der Waals surface area contributed by atoms with Gasteiger partial charge >= 0.3 is 0 Å². The van der Waals surface area contributed by atoms with Crippen molar-refractivity contribution in [1.29, 1.82) is 0 Å². The van der Waals surface area contributed by atoms with E-state index in [4.69, 9.17) is 4.98 Å². The summed E-state index contributed by atoms with van der Waals surface area (Å²) in [6, 6.07) is 34.4. The molecule has 0 unspecified atom stereocenters. The van der Waals surface area contributed by atoms with E-state index in [0.29, 0.717) is 0 Å². The van der Waals surface area contributed by atoms with Gasteiger partial charge < -0.3 is 4.98 Å². The Kier molecular flexibility index (Phi) is 5.81. The minimum Gasteiger partial charge on any atom is -0.304 e. The molecule has 0 saturated carbocycles. The van der Waals surface area contributed by atoms with Crippen molar-refractivity contribution in [2.45, 2.75) is 20.8 Å². The number of rotatable bonds is 2. The third kappa shape index (κ3) is 3.84. The van der Waals surface area contributed by atoms with Gasteiger partial charge in [0.2, 0.25) is 0 Å². The maximum absolute atomic E-state index is 4.83. The zero-order valence-corrected chi connectivity index (χ0v) is 21.8. The van der Waals surface area contributed by atoms with E-state index in [0.717, 1.165) is 22.2 Å². The maximum atomic E-state index is 4.83. The summed E-state index contributed by atoms with van der Waals surface area (Å²) in [6.45, 7) is 6.42. The minimum atomic E-state index is 0. The molecule has 5 aromatic carbocycles. The van der Waals surface area contributed by atoms with E-state index in [1.54, 1.807) is 0 Å². The molecule has 0 amide bonds. The summed E-state index contributed by atoms with van der Waals surface area (Å²) in [6.07, 6.45) is 1.93. The molecule has 0 aliphatic rings. The third-order valence-corrected chi connectivity index (χ3v) is 6.48. The molecule has 167 valence electrons. The van der Waals surface area contributed by atoms with E-state index < -0.39 is 0 Å². The van der Waals surface area contributed by atoms with Crippen molar-refractivity contribution in [2.24, 2.45) is 0 Å². The summed E-state index contributed by atoms with van der Waals surface area (Å²) in [7, 11) is 0. The molecule has 0 aliphatic heterocycles. The van der Waals surface area contributed by atoms with Crippen molar-refractivity contribution in [2.75, 3.05) is 0 Å². The van der Waals surface area contributed by atoms with E-state index in [-0.39, 0.29) is 20.1 Å². The summed E-state index contributed by atoms with van der Waals surface area (Å²) in [5.74, 6) is 0. The number of aryl methyl sites for hydroxylation is 3. The van der Waals surface area contributed by atoms with Gasteiger partial charge in [-0.1, -0.05) is 84.8 Å².